The SMILES string of the molecule is CN1CCN(c2ccc(C(=O)Nc3ccc4c(c3)B(O)OCC4)c(Cl)c2)CC1. The molecule has 0 atom stereocenters. The van der Waals surface area contributed by atoms with E-state index in [0.29, 0.717) is 28.3 Å². The zero-order chi connectivity index (χ0) is 19.7. The van der Waals surface area contributed by atoms with Crippen LogP contribution in [-0.2, 0) is 11.1 Å². The Hall–Kier alpha value is -2.06. The van der Waals surface area contributed by atoms with Crippen LogP contribution in [-0.4, -0.2) is 62.8 Å². The molecule has 2 aliphatic heterocycles. The minimum atomic E-state index is -0.952. The van der Waals surface area contributed by atoms with E-state index in [4.69, 9.17) is 16.3 Å². The Morgan fingerprint density at radius 1 is 1.18 bits per heavy atom. The second-order valence-corrected chi connectivity index (χ2v) is 7.70. The summed E-state index contributed by atoms with van der Waals surface area (Å²) in [6.45, 7) is 4.40. The van der Waals surface area contributed by atoms with Crippen molar-refractivity contribution in [2.45, 2.75) is 6.42 Å². The highest BCUT2D eigenvalue weighted by Crippen LogP contribution is 2.25. The molecule has 28 heavy (non-hydrogen) atoms. The second kappa shape index (κ2) is 8.13. The van der Waals surface area contributed by atoms with Gasteiger partial charge in [-0.3, -0.25) is 4.79 Å². The standard InChI is InChI=1S/C20H23BClN3O3/c1-24-7-9-25(10-8-24)16-4-5-17(19(22)13-16)20(26)23-15-3-2-14-6-11-28-21(27)18(14)12-15/h2-5,12-13,27H,6-11H2,1H3,(H,23,26). The molecule has 1 saturated heterocycles. The van der Waals surface area contributed by atoms with Crippen molar-refractivity contribution in [1.82, 2.24) is 4.90 Å². The number of nitrogens with one attached hydrogen (secondary N) is 1. The largest absolute Gasteiger partial charge is 0.491 e. The van der Waals surface area contributed by atoms with Gasteiger partial charge in [-0.1, -0.05) is 17.7 Å². The van der Waals surface area contributed by atoms with E-state index in [1.807, 2.05) is 24.3 Å². The van der Waals surface area contributed by atoms with Gasteiger partial charge in [-0.15, -0.1) is 0 Å². The lowest BCUT2D eigenvalue weighted by Crippen LogP contribution is -2.44. The van der Waals surface area contributed by atoms with Gasteiger partial charge >= 0.3 is 7.12 Å². The summed E-state index contributed by atoms with van der Waals surface area (Å²) in [7, 11) is 1.16. The third-order valence-corrected chi connectivity index (χ3v) is 5.70. The Labute approximate surface area is 170 Å². The number of halogens is 1. The van der Waals surface area contributed by atoms with Crippen molar-refractivity contribution in [1.29, 1.82) is 0 Å². The van der Waals surface area contributed by atoms with Gasteiger partial charge in [0.05, 0.1) is 10.6 Å². The molecule has 1 amide bonds. The Bertz CT molecular complexity index is 887. The van der Waals surface area contributed by atoms with E-state index in [1.54, 1.807) is 12.1 Å². The number of hydrogen-bond acceptors (Lipinski definition) is 5. The number of benzene rings is 2. The van der Waals surface area contributed by atoms with E-state index in [1.165, 1.54) is 0 Å². The smallest absolute Gasteiger partial charge is 0.423 e. The number of carbonyl (C=O) groups excluding carboxylic acids is 1. The molecule has 146 valence electrons. The number of piperazine rings is 1. The van der Waals surface area contributed by atoms with Crippen LogP contribution in [0.15, 0.2) is 36.4 Å². The Morgan fingerprint density at radius 2 is 1.96 bits per heavy atom. The van der Waals surface area contributed by atoms with Crippen LogP contribution in [0.1, 0.15) is 15.9 Å². The van der Waals surface area contributed by atoms with Crippen LogP contribution in [0.4, 0.5) is 11.4 Å². The highest BCUT2D eigenvalue weighted by atomic mass is 35.5. The summed E-state index contributed by atoms with van der Waals surface area (Å²) in [5, 5.41) is 13.3. The van der Waals surface area contributed by atoms with Gasteiger partial charge in [0.2, 0.25) is 0 Å². The fraction of sp³-hybridized carbons (Fsp3) is 0.350. The van der Waals surface area contributed by atoms with E-state index in [9.17, 15) is 9.82 Å². The third kappa shape index (κ3) is 4.03. The van der Waals surface area contributed by atoms with Crippen molar-refractivity contribution in [3.63, 3.8) is 0 Å². The van der Waals surface area contributed by atoms with Crippen LogP contribution < -0.4 is 15.7 Å². The summed E-state index contributed by atoms with van der Waals surface area (Å²) >= 11 is 6.42. The van der Waals surface area contributed by atoms with Crippen molar-refractivity contribution in [2.24, 2.45) is 0 Å². The molecule has 6 nitrogen and oxygen atoms in total. The number of hydrogen-bond donors (Lipinski definition) is 2. The van der Waals surface area contributed by atoms with Crippen molar-refractivity contribution >= 4 is 41.5 Å². The van der Waals surface area contributed by atoms with E-state index < -0.39 is 7.12 Å². The summed E-state index contributed by atoms with van der Waals surface area (Å²) < 4.78 is 5.26. The Kier molecular flexibility index (Phi) is 5.59. The first-order chi connectivity index (χ1) is 13.5. The number of amides is 1. The Morgan fingerprint density at radius 3 is 2.71 bits per heavy atom. The first-order valence-corrected chi connectivity index (χ1v) is 9.86. The van der Waals surface area contributed by atoms with Crippen LogP contribution >= 0.6 is 11.6 Å². The molecular weight excluding hydrogens is 377 g/mol. The molecule has 2 aromatic carbocycles. The van der Waals surface area contributed by atoms with Crippen LogP contribution in [0.2, 0.25) is 5.02 Å². The quantitative estimate of drug-likeness (QED) is 0.768. The molecule has 0 aliphatic carbocycles. The fourth-order valence-corrected chi connectivity index (χ4v) is 3.91. The average Bonchev–Trinajstić information content (AvgIpc) is 2.69. The minimum absolute atomic E-state index is 0.277. The maximum Gasteiger partial charge on any atom is 0.491 e. The topological polar surface area (TPSA) is 65.0 Å². The lowest BCUT2D eigenvalue weighted by atomic mass is 9.73. The molecule has 2 aliphatic rings. The number of carbonyl (C=O) groups is 1. The predicted octanol–water partition coefficient (Wildman–Crippen LogP) is 1.60. The van der Waals surface area contributed by atoms with Gasteiger partial charge in [-0.25, -0.2) is 0 Å². The summed E-state index contributed by atoms with van der Waals surface area (Å²) in [4.78, 5) is 17.3. The van der Waals surface area contributed by atoms with Gasteiger partial charge < -0.3 is 24.8 Å². The van der Waals surface area contributed by atoms with Gasteiger partial charge in [0.15, 0.2) is 0 Å². The predicted molar refractivity (Wildman–Crippen MR) is 113 cm³/mol. The zero-order valence-corrected chi connectivity index (χ0v) is 16.6. The molecule has 0 spiro atoms. The van der Waals surface area contributed by atoms with Crippen molar-refractivity contribution in [2.75, 3.05) is 50.1 Å². The molecule has 0 unspecified atom stereocenters. The van der Waals surface area contributed by atoms with Crippen molar-refractivity contribution < 1.29 is 14.5 Å². The molecule has 2 aromatic rings. The van der Waals surface area contributed by atoms with Crippen LogP contribution in [0.3, 0.4) is 0 Å². The molecule has 8 heteroatoms. The lowest BCUT2D eigenvalue weighted by Gasteiger charge is -2.34. The Balaban J connectivity index is 1.48. The number of nitrogens with zero attached hydrogens (tertiary/aromatic N) is 2. The number of anilines is 2. The summed E-state index contributed by atoms with van der Waals surface area (Å²) in [5.41, 5.74) is 3.79. The minimum Gasteiger partial charge on any atom is -0.423 e. The van der Waals surface area contributed by atoms with Crippen LogP contribution in [0, 0.1) is 0 Å². The van der Waals surface area contributed by atoms with E-state index in [-0.39, 0.29) is 5.91 Å². The third-order valence-electron chi connectivity index (χ3n) is 5.38. The van der Waals surface area contributed by atoms with Crippen molar-refractivity contribution in [3.05, 3.63) is 52.5 Å². The monoisotopic (exact) mass is 399 g/mol. The normalized spacial score (nSPS) is 17.4. The molecular formula is C20H23BClN3O3. The molecule has 4 rings (SSSR count). The number of likely N-dealkylation sites (N-methyl/N-ethyl adjacent to an activating group) is 1. The highest BCUT2D eigenvalue weighted by Gasteiger charge is 2.25. The average molecular weight is 400 g/mol. The van der Waals surface area contributed by atoms with Gasteiger partial charge in [0.25, 0.3) is 5.91 Å². The summed E-state index contributed by atoms with van der Waals surface area (Å²) in [5.74, 6) is -0.277. The van der Waals surface area contributed by atoms with Gasteiger partial charge in [-0.05, 0) is 54.8 Å². The molecule has 2 heterocycles. The molecule has 0 saturated carbocycles. The molecule has 2 N–H and O–H groups in total. The second-order valence-electron chi connectivity index (χ2n) is 7.30. The molecule has 0 bridgehead atoms. The number of fused-ring (bicyclic) bond motifs is 1. The van der Waals surface area contributed by atoms with Crippen molar-refractivity contribution in [3.8, 4) is 0 Å². The fourth-order valence-electron chi connectivity index (χ4n) is 3.65. The zero-order valence-electron chi connectivity index (χ0n) is 15.8. The van der Waals surface area contributed by atoms with Gasteiger partial charge in [0, 0.05) is 44.2 Å². The van der Waals surface area contributed by atoms with Crippen LogP contribution in [0.25, 0.3) is 0 Å². The van der Waals surface area contributed by atoms with Crippen LogP contribution in [0.5, 0.6) is 0 Å². The molecule has 1 fully saturated rings. The van der Waals surface area contributed by atoms with Gasteiger partial charge in [-0.2, -0.15) is 0 Å². The summed E-state index contributed by atoms with van der Waals surface area (Å²) in [6, 6.07) is 11.1. The van der Waals surface area contributed by atoms with Gasteiger partial charge in [0.1, 0.15) is 0 Å². The van der Waals surface area contributed by atoms with E-state index >= 15 is 0 Å². The first kappa shape index (κ1) is 19.3. The first-order valence-electron chi connectivity index (χ1n) is 9.48. The summed E-state index contributed by atoms with van der Waals surface area (Å²) in [6.07, 6.45) is 0.750. The lowest BCUT2D eigenvalue weighted by molar-refractivity contribution is 0.102. The maximum absolute atomic E-state index is 12.7. The van der Waals surface area contributed by atoms with E-state index in [0.717, 1.165) is 43.9 Å². The molecule has 0 aromatic heterocycles. The highest BCUT2D eigenvalue weighted by molar-refractivity contribution is 6.61. The maximum atomic E-state index is 12.7. The van der Waals surface area contributed by atoms with E-state index in [2.05, 4.69) is 22.2 Å². The number of rotatable bonds is 3. The molecule has 0 radical (unpaired) electrons.